The molecule has 0 aromatic heterocycles. The monoisotopic (exact) mass is 395 g/mol. The predicted molar refractivity (Wildman–Crippen MR) is 111 cm³/mol. The molecule has 1 fully saturated rings. The highest BCUT2D eigenvalue weighted by molar-refractivity contribution is 6.05. The normalized spacial score (nSPS) is 14.3. The fraction of sp³-hybridized carbons (Fsp3) is 0.364. The summed E-state index contributed by atoms with van der Waals surface area (Å²) >= 11 is 0. The average Bonchev–Trinajstić information content (AvgIpc) is 2.70. The van der Waals surface area contributed by atoms with Crippen LogP contribution in [0.25, 0.3) is 0 Å². The Morgan fingerprint density at radius 3 is 2.24 bits per heavy atom. The molecule has 0 atom stereocenters. The van der Waals surface area contributed by atoms with Gasteiger partial charge in [-0.2, -0.15) is 0 Å². The summed E-state index contributed by atoms with van der Waals surface area (Å²) in [6.07, 6.45) is 5.55. The Morgan fingerprint density at radius 2 is 1.59 bits per heavy atom. The van der Waals surface area contributed by atoms with Crippen LogP contribution in [0.4, 0.5) is 11.4 Å². The lowest BCUT2D eigenvalue weighted by atomic mass is 9.95. The highest BCUT2D eigenvalue weighted by Crippen LogP contribution is 2.22. The SMILES string of the molecule is Cc1cc(C(=O)NC2CCCCC2)ccc1NC(=O)c1ccc(C)c([N+](=O)[O-])c1. The van der Waals surface area contributed by atoms with Gasteiger partial charge in [0.05, 0.1) is 4.92 Å². The van der Waals surface area contributed by atoms with Gasteiger partial charge in [0.15, 0.2) is 0 Å². The van der Waals surface area contributed by atoms with Gasteiger partial charge in [-0.25, -0.2) is 0 Å². The summed E-state index contributed by atoms with van der Waals surface area (Å²) in [4.78, 5) is 35.6. The van der Waals surface area contributed by atoms with E-state index in [4.69, 9.17) is 0 Å². The summed E-state index contributed by atoms with van der Waals surface area (Å²) in [5, 5.41) is 16.9. The van der Waals surface area contributed by atoms with Crippen LogP contribution in [0.2, 0.25) is 0 Å². The van der Waals surface area contributed by atoms with E-state index in [-0.39, 0.29) is 23.2 Å². The van der Waals surface area contributed by atoms with Crippen LogP contribution in [-0.4, -0.2) is 22.8 Å². The molecule has 0 spiro atoms. The largest absolute Gasteiger partial charge is 0.349 e. The number of aryl methyl sites for hydroxylation is 2. The number of carbonyl (C=O) groups is 2. The number of nitro groups is 1. The number of amides is 2. The first kappa shape index (κ1) is 20.5. The van der Waals surface area contributed by atoms with Gasteiger partial charge in [0.25, 0.3) is 17.5 Å². The minimum absolute atomic E-state index is 0.0934. The van der Waals surface area contributed by atoms with Gasteiger partial charge in [0.2, 0.25) is 0 Å². The molecule has 2 N–H and O–H groups in total. The number of hydrogen-bond donors (Lipinski definition) is 2. The molecule has 2 aromatic carbocycles. The lowest BCUT2D eigenvalue weighted by Gasteiger charge is -2.23. The molecular weight excluding hydrogens is 370 g/mol. The van der Waals surface area contributed by atoms with Crippen molar-refractivity contribution in [2.24, 2.45) is 0 Å². The van der Waals surface area contributed by atoms with E-state index in [2.05, 4.69) is 10.6 Å². The third-order valence-electron chi connectivity index (χ3n) is 5.35. The van der Waals surface area contributed by atoms with E-state index < -0.39 is 10.8 Å². The maximum atomic E-state index is 12.5. The van der Waals surface area contributed by atoms with Crippen LogP contribution in [0.3, 0.4) is 0 Å². The summed E-state index contributed by atoms with van der Waals surface area (Å²) in [6.45, 7) is 3.44. The first-order valence-electron chi connectivity index (χ1n) is 9.83. The number of anilines is 1. The number of nitrogens with zero attached hydrogens (tertiary/aromatic N) is 1. The Balaban J connectivity index is 1.70. The standard InChI is InChI=1S/C22H25N3O4/c1-14-8-9-17(13-20(14)25(28)29)22(27)24-19-11-10-16(12-15(19)2)21(26)23-18-6-4-3-5-7-18/h8-13,18H,3-7H2,1-2H3,(H,23,26)(H,24,27). The minimum Gasteiger partial charge on any atom is -0.349 e. The molecule has 0 bridgehead atoms. The Labute approximate surface area is 169 Å². The van der Waals surface area contributed by atoms with Gasteiger partial charge in [-0.3, -0.25) is 19.7 Å². The minimum atomic E-state index is -0.503. The topological polar surface area (TPSA) is 101 Å². The van der Waals surface area contributed by atoms with E-state index in [9.17, 15) is 19.7 Å². The van der Waals surface area contributed by atoms with E-state index in [1.165, 1.54) is 12.5 Å². The molecule has 0 radical (unpaired) electrons. The van der Waals surface area contributed by atoms with Crippen LogP contribution in [0.5, 0.6) is 0 Å². The zero-order valence-corrected chi connectivity index (χ0v) is 16.7. The molecule has 3 rings (SSSR count). The highest BCUT2D eigenvalue weighted by atomic mass is 16.6. The first-order chi connectivity index (χ1) is 13.8. The third-order valence-corrected chi connectivity index (χ3v) is 5.35. The fourth-order valence-corrected chi connectivity index (χ4v) is 3.60. The quantitative estimate of drug-likeness (QED) is 0.574. The number of rotatable bonds is 5. The van der Waals surface area contributed by atoms with Crippen molar-refractivity contribution in [2.45, 2.75) is 52.0 Å². The van der Waals surface area contributed by atoms with Crippen molar-refractivity contribution in [3.63, 3.8) is 0 Å². The van der Waals surface area contributed by atoms with Gasteiger partial charge in [-0.15, -0.1) is 0 Å². The van der Waals surface area contributed by atoms with E-state index in [0.717, 1.165) is 31.2 Å². The van der Waals surface area contributed by atoms with E-state index in [1.54, 1.807) is 37.3 Å². The van der Waals surface area contributed by atoms with Crippen LogP contribution in [0.15, 0.2) is 36.4 Å². The number of nitrogens with one attached hydrogen (secondary N) is 2. The van der Waals surface area contributed by atoms with Crippen molar-refractivity contribution < 1.29 is 14.5 Å². The van der Waals surface area contributed by atoms with Crippen LogP contribution < -0.4 is 10.6 Å². The van der Waals surface area contributed by atoms with Gasteiger partial charge in [-0.05, 0) is 56.5 Å². The molecular formula is C22H25N3O4. The summed E-state index contributed by atoms with van der Waals surface area (Å²) in [5.74, 6) is -0.539. The number of nitro benzene ring substituents is 1. The smallest absolute Gasteiger partial charge is 0.273 e. The second kappa shape index (κ2) is 8.86. The van der Waals surface area contributed by atoms with E-state index >= 15 is 0 Å². The molecule has 7 nitrogen and oxygen atoms in total. The molecule has 0 unspecified atom stereocenters. The summed E-state index contributed by atoms with van der Waals surface area (Å²) in [7, 11) is 0. The summed E-state index contributed by atoms with van der Waals surface area (Å²) in [5.41, 5.74) is 2.47. The van der Waals surface area contributed by atoms with Gasteiger partial charge in [0, 0.05) is 34.5 Å². The average molecular weight is 395 g/mol. The number of benzene rings is 2. The molecule has 0 aliphatic heterocycles. The zero-order chi connectivity index (χ0) is 21.0. The molecule has 7 heteroatoms. The van der Waals surface area contributed by atoms with Gasteiger partial charge in [-0.1, -0.05) is 25.3 Å². The summed E-state index contributed by atoms with van der Waals surface area (Å²) in [6, 6.07) is 9.71. The number of carbonyl (C=O) groups excluding carboxylic acids is 2. The van der Waals surface area contributed by atoms with Crippen molar-refractivity contribution in [3.05, 3.63) is 68.8 Å². The molecule has 1 aliphatic carbocycles. The van der Waals surface area contributed by atoms with Crippen LogP contribution in [0.1, 0.15) is 63.9 Å². The van der Waals surface area contributed by atoms with Crippen molar-refractivity contribution in [1.29, 1.82) is 0 Å². The molecule has 2 amide bonds. The molecule has 0 heterocycles. The van der Waals surface area contributed by atoms with E-state index in [1.807, 2.05) is 6.92 Å². The third kappa shape index (κ3) is 4.99. The van der Waals surface area contributed by atoms with Crippen LogP contribution in [0, 0.1) is 24.0 Å². The Bertz CT molecular complexity index is 949. The fourth-order valence-electron chi connectivity index (χ4n) is 3.60. The van der Waals surface area contributed by atoms with Gasteiger partial charge >= 0.3 is 0 Å². The molecule has 152 valence electrons. The Kier molecular flexibility index (Phi) is 6.26. The van der Waals surface area contributed by atoms with E-state index in [0.29, 0.717) is 16.8 Å². The molecule has 1 aliphatic rings. The lowest BCUT2D eigenvalue weighted by Crippen LogP contribution is -2.36. The van der Waals surface area contributed by atoms with Gasteiger partial charge < -0.3 is 10.6 Å². The second-order valence-corrected chi connectivity index (χ2v) is 7.55. The second-order valence-electron chi connectivity index (χ2n) is 7.55. The maximum absolute atomic E-state index is 12.5. The first-order valence-corrected chi connectivity index (χ1v) is 9.83. The van der Waals surface area contributed by atoms with Crippen LogP contribution in [-0.2, 0) is 0 Å². The maximum Gasteiger partial charge on any atom is 0.273 e. The molecule has 2 aromatic rings. The van der Waals surface area contributed by atoms with Crippen molar-refractivity contribution in [3.8, 4) is 0 Å². The summed E-state index contributed by atoms with van der Waals surface area (Å²) < 4.78 is 0. The molecule has 0 saturated heterocycles. The highest BCUT2D eigenvalue weighted by Gasteiger charge is 2.18. The molecule has 1 saturated carbocycles. The van der Waals surface area contributed by atoms with Crippen molar-refractivity contribution in [1.82, 2.24) is 5.32 Å². The Hall–Kier alpha value is -3.22. The van der Waals surface area contributed by atoms with Gasteiger partial charge in [0.1, 0.15) is 0 Å². The number of hydrogen-bond acceptors (Lipinski definition) is 4. The van der Waals surface area contributed by atoms with Crippen molar-refractivity contribution in [2.75, 3.05) is 5.32 Å². The van der Waals surface area contributed by atoms with Crippen molar-refractivity contribution >= 4 is 23.2 Å². The zero-order valence-electron chi connectivity index (χ0n) is 16.7. The lowest BCUT2D eigenvalue weighted by molar-refractivity contribution is -0.385. The van der Waals surface area contributed by atoms with Crippen LogP contribution >= 0.6 is 0 Å². The molecule has 29 heavy (non-hydrogen) atoms. The Morgan fingerprint density at radius 1 is 0.931 bits per heavy atom. The predicted octanol–water partition coefficient (Wildman–Crippen LogP) is 4.53.